The zero-order valence-corrected chi connectivity index (χ0v) is 28.9. The summed E-state index contributed by atoms with van der Waals surface area (Å²) < 4.78 is 26.3. The molecule has 5 atom stereocenters. The van der Waals surface area contributed by atoms with Crippen LogP contribution in [-0.4, -0.2) is 52.2 Å². The van der Waals surface area contributed by atoms with Gasteiger partial charge in [0.1, 0.15) is 12.3 Å². The quantitative estimate of drug-likeness (QED) is 0.0864. The molecule has 0 bridgehead atoms. The maximum atomic E-state index is 11.9. The fourth-order valence-corrected chi connectivity index (χ4v) is 6.64. The van der Waals surface area contributed by atoms with Crippen LogP contribution in [0.2, 0.25) is 0 Å². The molecule has 0 amide bonds. The summed E-state index contributed by atoms with van der Waals surface area (Å²) >= 11 is 0. The summed E-state index contributed by atoms with van der Waals surface area (Å²) in [5.74, 6) is 0.609. The Bertz CT molecular complexity index is 1720. The van der Waals surface area contributed by atoms with Crippen molar-refractivity contribution in [1.82, 2.24) is 29.9 Å². The molecule has 3 aromatic carbocycles. The molecule has 1 fully saturated rings. The van der Waals surface area contributed by atoms with Crippen LogP contribution in [0.15, 0.2) is 97.3 Å². The van der Waals surface area contributed by atoms with E-state index in [-0.39, 0.29) is 30.8 Å². The minimum Gasteiger partial charge on any atom is -0.476 e. The van der Waals surface area contributed by atoms with Crippen molar-refractivity contribution in [2.45, 2.75) is 51.8 Å². The van der Waals surface area contributed by atoms with E-state index < -0.39 is 14.6 Å². The summed E-state index contributed by atoms with van der Waals surface area (Å²) in [4.78, 5) is 25.0. The molecule has 5 unspecified atom stereocenters. The fraction of sp³-hybridized carbons (Fsp3) is 0.333. The molecule has 2 aromatic heterocycles. The molecule has 0 spiro atoms. The number of ether oxygens (including phenoxy) is 2. The molecule has 13 heteroatoms. The van der Waals surface area contributed by atoms with E-state index in [1.807, 2.05) is 97.4 Å². The van der Waals surface area contributed by atoms with E-state index in [4.69, 9.17) is 24.3 Å². The van der Waals surface area contributed by atoms with Crippen LogP contribution in [0.1, 0.15) is 49.3 Å². The lowest BCUT2D eigenvalue weighted by molar-refractivity contribution is -0.114. The summed E-state index contributed by atoms with van der Waals surface area (Å²) in [6, 6.07) is 29.7. The van der Waals surface area contributed by atoms with Crippen molar-refractivity contribution < 1.29 is 23.3 Å². The zero-order chi connectivity index (χ0) is 34.4. The molecule has 4 N–H and O–H groups in total. The zero-order valence-electron chi connectivity index (χ0n) is 28.0. The molecule has 1 aliphatic heterocycles. The molecule has 1 saturated heterocycles. The van der Waals surface area contributed by atoms with Crippen molar-refractivity contribution in [3.63, 3.8) is 0 Å². The smallest absolute Gasteiger partial charge is 0.257 e. The van der Waals surface area contributed by atoms with Gasteiger partial charge < -0.3 is 34.4 Å². The third-order valence-corrected chi connectivity index (χ3v) is 8.95. The van der Waals surface area contributed by atoms with Crippen molar-refractivity contribution in [2.75, 3.05) is 26.0 Å². The van der Waals surface area contributed by atoms with Gasteiger partial charge >= 0.3 is 0 Å². The average molecular weight is 686 g/mol. The number of hydrogen-bond acceptors (Lipinski definition) is 11. The molecule has 49 heavy (non-hydrogen) atoms. The Labute approximate surface area is 288 Å². The first kappa shape index (κ1) is 36.0. The first-order valence-corrected chi connectivity index (χ1v) is 17.5. The molecule has 6 rings (SSSR count). The van der Waals surface area contributed by atoms with Crippen LogP contribution in [-0.2, 0) is 31.7 Å². The molecular weight excluding hydrogens is 641 g/mol. The lowest BCUT2D eigenvalue weighted by Gasteiger charge is -2.23. The number of aromatic nitrogens is 4. The third-order valence-electron chi connectivity index (χ3n) is 7.73. The van der Waals surface area contributed by atoms with E-state index in [2.05, 4.69) is 44.4 Å². The van der Waals surface area contributed by atoms with Crippen molar-refractivity contribution in [1.29, 1.82) is 0 Å². The number of benzene rings is 3. The first-order valence-electron chi connectivity index (χ1n) is 16.3. The number of hydrogen-bond donors (Lipinski definition) is 3. The minimum absolute atomic E-state index is 0.110. The molecular formula is C36H44N7O5P. The number of nitrogens with one attached hydrogen (secondary N) is 2. The summed E-state index contributed by atoms with van der Waals surface area (Å²) in [6.45, 7) is 6.19. The Morgan fingerprint density at radius 1 is 1.00 bits per heavy atom. The van der Waals surface area contributed by atoms with Gasteiger partial charge in [0.25, 0.3) is 8.53 Å². The molecule has 258 valence electrons. The second kappa shape index (κ2) is 18.5. The molecule has 12 nitrogen and oxygen atoms in total. The Balaban J connectivity index is 0.000000452. The van der Waals surface area contributed by atoms with E-state index >= 15 is 0 Å². The van der Waals surface area contributed by atoms with Gasteiger partial charge in [-0.15, -0.1) is 0 Å². The summed E-state index contributed by atoms with van der Waals surface area (Å²) in [7, 11) is 0.333. The normalized spacial score (nSPS) is 18.4. The van der Waals surface area contributed by atoms with Crippen LogP contribution >= 0.6 is 8.53 Å². The highest BCUT2D eigenvalue weighted by Crippen LogP contribution is 2.42. The number of aldehydes is 1. The van der Waals surface area contributed by atoms with Gasteiger partial charge in [-0.3, -0.25) is 4.57 Å². The predicted octanol–water partition coefficient (Wildman–Crippen LogP) is 6.13. The second-order valence-electron chi connectivity index (χ2n) is 11.5. The van der Waals surface area contributed by atoms with Gasteiger partial charge in [0.2, 0.25) is 11.8 Å². The topological polar surface area (TPSA) is 148 Å². The predicted molar refractivity (Wildman–Crippen MR) is 190 cm³/mol. The SMILES string of the molecule is CCOc1nc(N)nc2c1ncn2C1OC(COP(NCc2ccccc2)OC(C=O)c2ccccc2)CC1C.CNCc1ccccc1. The summed E-state index contributed by atoms with van der Waals surface area (Å²) in [6.07, 6.45) is 1.93. The number of imidazole rings is 1. The Morgan fingerprint density at radius 3 is 2.29 bits per heavy atom. The highest BCUT2D eigenvalue weighted by atomic mass is 31.2. The van der Waals surface area contributed by atoms with Crippen LogP contribution in [0.3, 0.4) is 0 Å². The van der Waals surface area contributed by atoms with Gasteiger partial charge in [-0.25, -0.2) is 10.1 Å². The molecule has 3 heterocycles. The number of carbonyl (C=O) groups is 1. The molecule has 0 radical (unpaired) electrons. The van der Waals surface area contributed by atoms with Gasteiger partial charge in [-0.05, 0) is 37.1 Å². The fourth-order valence-electron chi connectivity index (χ4n) is 5.42. The molecule has 0 aliphatic carbocycles. The van der Waals surface area contributed by atoms with Crippen molar-refractivity contribution in [2.24, 2.45) is 5.92 Å². The average Bonchev–Trinajstić information content (AvgIpc) is 3.72. The van der Waals surface area contributed by atoms with E-state index in [1.54, 1.807) is 6.33 Å². The number of fused-ring (bicyclic) bond motifs is 1. The third kappa shape index (κ3) is 10.1. The van der Waals surface area contributed by atoms with Gasteiger partial charge in [-0.1, -0.05) is 97.9 Å². The van der Waals surface area contributed by atoms with Crippen molar-refractivity contribution >= 4 is 31.9 Å². The van der Waals surface area contributed by atoms with Gasteiger partial charge in [0.15, 0.2) is 17.5 Å². The maximum absolute atomic E-state index is 11.9. The number of carbonyl (C=O) groups excluding carboxylic acids is 1. The lowest BCUT2D eigenvalue weighted by atomic mass is 10.1. The minimum atomic E-state index is -1.62. The van der Waals surface area contributed by atoms with E-state index in [0.717, 1.165) is 30.4 Å². The standard InChI is InChI=1S/C28H33N6O5P.C8H11N/c1-3-36-26-24-25(32-28(29)33-26)34(18-30-24)27-19(2)14-22(38-27)17-37-40(31-15-20-10-6-4-7-11-20)39-23(16-35)21-12-8-5-9-13-21;1-9-7-8-5-3-2-4-6-8/h4-13,16,18-19,22-23,27,31H,3,14-15,17H2,1-2H3,(H2,29,32,33);2-6,9H,7H2,1H3. The van der Waals surface area contributed by atoms with Crippen LogP contribution in [0.5, 0.6) is 5.88 Å². The number of nitrogens with two attached hydrogens (primary N) is 1. The van der Waals surface area contributed by atoms with Crippen molar-refractivity contribution in [3.8, 4) is 5.88 Å². The number of nitrogen functional groups attached to an aromatic ring is 1. The first-order chi connectivity index (χ1) is 24.0. The number of anilines is 1. The Morgan fingerprint density at radius 2 is 1.65 bits per heavy atom. The van der Waals surface area contributed by atoms with Gasteiger partial charge in [-0.2, -0.15) is 9.97 Å². The van der Waals surface area contributed by atoms with Crippen LogP contribution in [0, 0.1) is 5.92 Å². The highest BCUT2D eigenvalue weighted by Gasteiger charge is 2.36. The maximum Gasteiger partial charge on any atom is 0.257 e. The number of nitrogens with zero attached hydrogens (tertiary/aromatic N) is 4. The molecule has 1 aliphatic rings. The second-order valence-corrected chi connectivity index (χ2v) is 12.8. The van der Waals surface area contributed by atoms with E-state index in [9.17, 15) is 4.79 Å². The van der Waals surface area contributed by atoms with Gasteiger partial charge in [0, 0.05) is 19.0 Å². The van der Waals surface area contributed by atoms with E-state index in [0.29, 0.717) is 30.2 Å². The van der Waals surface area contributed by atoms with Crippen LogP contribution in [0.4, 0.5) is 5.95 Å². The Kier molecular flexibility index (Phi) is 13.6. The monoisotopic (exact) mass is 685 g/mol. The molecule has 0 saturated carbocycles. The lowest BCUT2D eigenvalue weighted by Crippen LogP contribution is -2.20. The largest absolute Gasteiger partial charge is 0.476 e. The molecule has 5 aromatic rings. The highest BCUT2D eigenvalue weighted by molar-refractivity contribution is 7.44. The van der Waals surface area contributed by atoms with Gasteiger partial charge in [0.05, 0.1) is 25.6 Å². The van der Waals surface area contributed by atoms with Crippen LogP contribution < -0.4 is 20.9 Å². The summed E-state index contributed by atoms with van der Waals surface area (Å²) in [5, 5.41) is 6.42. The van der Waals surface area contributed by atoms with Crippen LogP contribution in [0.25, 0.3) is 11.2 Å². The van der Waals surface area contributed by atoms with Crippen molar-refractivity contribution in [3.05, 3.63) is 114 Å². The summed E-state index contributed by atoms with van der Waals surface area (Å²) in [5.41, 5.74) is 10.2. The Hall–Kier alpha value is -4.29. The van der Waals surface area contributed by atoms with E-state index in [1.165, 1.54) is 5.56 Å². The number of rotatable bonds is 15.